The van der Waals surface area contributed by atoms with Crippen LogP contribution in [0.1, 0.15) is 31.8 Å². The molecule has 0 aliphatic carbocycles. The van der Waals surface area contributed by atoms with Gasteiger partial charge in [0.1, 0.15) is 34.6 Å². The van der Waals surface area contributed by atoms with Gasteiger partial charge < -0.3 is 37.9 Å². The molecule has 0 N–H and O–H groups in total. The average molecular weight is 747 g/mol. The van der Waals surface area contributed by atoms with Gasteiger partial charge in [0.15, 0.2) is 0 Å². The molecule has 0 spiro atoms. The average Bonchev–Trinajstić information content (AvgIpc) is 3.12. The van der Waals surface area contributed by atoms with Crippen LogP contribution in [0.25, 0.3) is 11.1 Å². The molecule has 0 atom stereocenters. The number of carbonyl (C=O) groups excluding carboxylic acids is 6. The quantitative estimate of drug-likeness (QED) is 0.0445. The Morgan fingerprint density at radius 1 is 0.519 bits per heavy atom. The lowest BCUT2D eigenvalue weighted by molar-refractivity contribution is -0.147. The van der Waals surface area contributed by atoms with Gasteiger partial charge in [0.25, 0.3) is 0 Å². The number of halogens is 2. The highest BCUT2D eigenvalue weighted by atomic mass is 19.1. The van der Waals surface area contributed by atoms with E-state index in [4.69, 9.17) is 18.9 Å². The standard InChI is InChI=1S/C38H28F2O14/c1-5-33(41)47-19-49-37(45)53-25-9-13-29(31(39)17-25)35(43)51-23-7-11-27(21(3)15-23)28-12-8-24(16-22(28)4)52-36(44)30-14-10-26(18-32(30)40)54-38(46)50-20-48-34(42)6-2/h5-18H,1-2,19-20H2,3-4H3. The number of aryl methyl sites for hydroxylation is 2. The zero-order valence-electron chi connectivity index (χ0n) is 28.4. The molecule has 0 amide bonds. The highest BCUT2D eigenvalue weighted by Crippen LogP contribution is 2.32. The van der Waals surface area contributed by atoms with E-state index in [0.29, 0.717) is 11.1 Å². The maximum atomic E-state index is 14.7. The van der Waals surface area contributed by atoms with Gasteiger partial charge in [-0.15, -0.1) is 0 Å². The lowest BCUT2D eigenvalue weighted by atomic mass is 9.96. The second-order valence-corrected chi connectivity index (χ2v) is 10.6. The number of hydrogen-bond donors (Lipinski definition) is 0. The molecule has 0 bridgehead atoms. The third kappa shape index (κ3) is 10.8. The number of rotatable bonds is 13. The predicted octanol–water partition coefficient (Wildman–Crippen LogP) is 7.09. The Bertz CT molecular complexity index is 1990. The van der Waals surface area contributed by atoms with Crippen LogP contribution in [0.4, 0.5) is 18.4 Å². The Labute approximate surface area is 305 Å². The normalized spacial score (nSPS) is 10.2. The third-order valence-corrected chi connectivity index (χ3v) is 6.92. The van der Waals surface area contributed by atoms with E-state index in [-0.39, 0.29) is 23.0 Å². The molecule has 4 aromatic rings. The molecular formula is C38H28F2O14. The van der Waals surface area contributed by atoms with Crippen LogP contribution in [-0.4, -0.2) is 49.8 Å². The van der Waals surface area contributed by atoms with Gasteiger partial charge in [0.05, 0.1) is 11.1 Å². The molecule has 0 unspecified atom stereocenters. The fraction of sp³-hybridized carbons (Fsp3) is 0.105. The Morgan fingerprint density at radius 3 is 1.20 bits per heavy atom. The minimum absolute atomic E-state index is 0.103. The van der Waals surface area contributed by atoms with Crippen molar-refractivity contribution >= 4 is 36.2 Å². The van der Waals surface area contributed by atoms with Crippen molar-refractivity contribution in [1.82, 2.24) is 0 Å². The number of benzene rings is 4. The largest absolute Gasteiger partial charge is 0.516 e. The summed E-state index contributed by atoms with van der Waals surface area (Å²) in [5.41, 5.74) is 1.88. The van der Waals surface area contributed by atoms with E-state index in [2.05, 4.69) is 32.1 Å². The van der Waals surface area contributed by atoms with E-state index in [1.165, 1.54) is 12.1 Å². The maximum Gasteiger partial charge on any atom is 0.516 e. The topological polar surface area (TPSA) is 176 Å². The van der Waals surface area contributed by atoms with E-state index in [1.807, 2.05) is 0 Å². The number of hydrogen-bond acceptors (Lipinski definition) is 14. The van der Waals surface area contributed by atoms with Gasteiger partial charge in [0.2, 0.25) is 13.6 Å². The fourth-order valence-corrected chi connectivity index (χ4v) is 4.42. The lowest BCUT2D eigenvalue weighted by Gasteiger charge is -2.13. The van der Waals surface area contributed by atoms with Crippen molar-refractivity contribution in [2.45, 2.75) is 13.8 Å². The minimum atomic E-state index is -1.29. The Morgan fingerprint density at radius 2 is 0.870 bits per heavy atom. The molecule has 0 saturated carbocycles. The van der Waals surface area contributed by atoms with Gasteiger partial charge in [-0.3, -0.25) is 0 Å². The molecule has 54 heavy (non-hydrogen) atoms. The van der Waals surface area contributed by atoms with Crippen molar-refractivity contribution < 1.29 is 75.4 Å². The molecule has 4 aromatic carbocycles. The minimum Gasteiger partial charge on any atom is -0.425 e. The first kappa shape index (κ1) is 39.4. The highest BCUT2D eigenvalue weighted by molar-refractivity contribution is 5.92. The van der Waals surface area contributed by atoms with Crippen LogP contribution in [0.3, 0.4) is 0 Å². The molecule has 4 rings (SSSR count). The Balaban J connectivity index is 1.35. The second-order valence-electron chi connectivity index (χ2n) is 10.6. The lowest BCUT2D eigenvalue weighted by Crippen LogP contribution is -2.15. The van der Waals surface area contributed by atoms with Crippen molar-refractivity contribution in [3.05, 3.63) is 132 Å². The zero-order chi connectivity index (χ0) is 39.4. The number of esters is 4. The van der Waals surface area contributed by atoms with E-state index in [0.717, 1.165) is 59.7 Å². The van der Waals surface area contributed by atoms with E-state index >= 15 is 0 Å². The summed E-state index contributed by atoms with van der Waals surface area (Å²) >= 11 is 0. The molecule has 0 heterocycles. The molecule has 278 valence electrons. The fourth-order valence-electron chi connectivity index (χ4n) is 4.42. The molecule has 0 aliphatic rings. The van der Waals surface area contributed by atoms with Crippen LogP contribution in [0, 0.1) is 25.5 Å². The predicted molar refractivity (Wildman–Crippen MR) is 181 cm³/mol. The van der Waals surface area contributed by atoms with E-state index in [1.54, 1.807) is 38.1 Å². The molecule has 0 aromatic heterocycles. The first-order chi connectivity index (χ1) is 25.8. The zero-order valence-corrected chi connectivity index (χ0v) is 28.4. The number of carbonyl (C=O) groups is 6. The van der Waals surface area contributed by atoms with Crippen LogP contribution < -0.4 is 18.9 Å². The summed E-state index contributed by atoms with van der Waals surface area (Å²) in [5, 5.41) is 0. The third-order valence-electron chi connectivity index (χ3n) is 6.92. The first-order valence-electron chi connectivity index (χ1n) is 15.3. The smallest absolute Gasteiger partial charge is 0.425 e. The summed E-state index contributed by atoms with van der Waals surface area (Å²) in [6.45, 7) is 8.34. The molecule has 14 nitrogen and oxygen atoms in total. The van der Waals surface area contributed by atoms with Gasteiger partial charge in [-0.05, 0) is 84.6 Å². The molecule has 16 heteroatoms. The van der Waals surface area contributed by atoms with Crippen LogP contribution in [0.2, 0.25) is 0 Å². The molecular weight excluding hydrogens is 718 g/mol. The second kappa shape index (κ2) is 18.2. The SMILES string of the molecule is C=CC(=O)OCOC(=O)Oc1ccc(C(=O)Oc2ccc(-c3ccc(OC(=O)c4ccc(OC(=O)OCOC(=O)C=C)cc4F)cc3C)c(C)c2)c(F)c1. The summed E-state index contributed by atoms with van der Waals surface area (Å²) in [6, 6.07) is 15.3. The first-order valence-corrected chi connectivity index (χ1v) is 15.3. The molecule has 0 radical (unpaired) electrons. The molecule has 0 saturated heterocycles. The van der Waals surface area contributed by atoms with Crippen molar-refractivity contribution in [3.8, 4) is 34.1 Å². The maximum absolute atomic E-state index is 14.7. The van der Waals surface area contributed by atoms with Gasteiger partial charge in [-0.25, -0.2) is 37.5 Å². The summed E-state index contributed by atoms with van der Waals surface area (Å²) in [6.07, 6.45) is -0.859. The van der Waals surface area contributed by atoms with Gasteiger partial charge >= 0.3 is 36.2 Å². The highest BCUT2D eigenvalue weighted by Gasteiger charge is 2.20. The van der Waals surface area contributed by atoms with Crippen molar-refractivity contribution in [2.24, 2.45) is 0 Å². The summed E-state index contributed by atoms with van der Waals surface area (Å²) in [7, 11) is 0. The number of ether oxygens (including phenoxy) is 8. The van der Waals surface area contributed by atoms with Gasteiger partial charge in [-0.2, -0.15) is 0 Å². The van der Waals surface area contributed by atoms with Gasteiger partial charge in [0, 0.05) is 24.3 Å². The van der Waals surface area contributed by atoms with Crippen LogP contribution >= 0.6 is 0 Å². The van der Waals surface area contributed by atoms with Crippen molar-refractivity contribution in [2.75, 3.05) is 13.6 Å². The Hall–Kier alpha value is -7.36. The summed E-state index contributed by atoms with van der Waals surface area (Å²) < 4.78 is 67.7. The molecule has 0 aliphatic heterocycles. The van der Waals surface area contributed by atoms with Crippen LogP contribution in [0.5, 0.6) is 23.0 Å². The summed E-state index contributed by atoms with van der Waals surface area (Å²) in [4.78, 5) is 70.8. The van der Waals surface area contributed by atoms with E-state index in [9.17, 15) is 37.5 Å². The monoisotopic (exact) mass is 746 g/mol. The van der Waals surface area contributed by atoms with E-state index < -0.39 is 72.5 Å². The molecule has 0 fully saturated rings. The van der Waals surface area contributed by atoms with Crippen LogP contribution in [0.15, 0.2) is 98.1 Å². The van der Waals surface area contributed by atoms with Crippen LogP contribution in [-0.2, 0) is 28.5 Å². The van der Waals surface area contributed by atoms with Crippen molar-refractivity contribution in [1.29, 1.82) is 0 Å². The van der Waals surface area contributed by atoms with Gasteiger partial charge in [-0.1, -0.05) is 25.3 Å². The summed E-state index contributed by atoms with van der Waals surface area (Å²) in [5.74, 6) is -6.20. The Kier molecular flexibility index (Phi) is 13.3. The van der Waals surface area contributed by atoms with Crippen molar-refractivity contribution in [3.63, 3.8) is 0 Å².